The summed E-state index contributed by atoms with van der Waals surface area (Å²) in [5, 5.41) is 21.2. The van der Waals surface area contributed by atoms with Crippen molar-refractivity contribution in [1.82, 2.24) is 0 Å². The topological polar surface area (TPSA) is 43.7 Å². The fourth-order valence-electron chi connectivity index (χ4n) is 4.85. The molecule has 0 unspecified atom stereocenters. The normalized spacial score (nSPS) is 10.9. The third kappa shape index (κ3) is 4.83. The van der Waals surface area contributed by atoms with Gasteiger partial charge >= 0.3 is 7.12 Å². The maximum atomic E-state index is 9.40. The largest absolute Gasteiger partial charge is 0.488 e. The van der Waals surface area contributed by atoms with Gasteiger partial charge in [-0.25, -0.2) is 0 Å². The molecule has 0 aliphatic rings. The molecule has 0 atom stereocenters. The summed E-state index contributed by atoms with van der Waals surface area (Å²) in [4.78, 5) is 2.27. The second-order valence-electron chi connectivity index (χ2n) is 9.32. The van der Waals surface area contributed by atoms with Gasteiger partial charge in [-0.3, -0.25) is 0 Å². The van der Waals surface area contributed by atoms with Crippen LogP contribution in [0.25, 0.3) is 33.0 Å². The first-order valence-electron chi connectivity index (χ1n) is 12.7. The lowest BCUT2D eigenvalue weighted by molar-refractivity contribution is 0.426. The lowest BCUT2D eigenvalue weighted by atomic mass is 9.80. The summed E-state index contributed by atoms with van der Waals surface area (Å²) in [5.74, 6) is 0. The molecule has 4 heteroatoms. The molecule has 0 aliphatic carbocycles. The molecule has 3 nitrogen and oxygen atoms in total. The number of fused-ring (bicyclic) bond motifs is 1. The summed E-state index contributed by atoms with van der Waals surface area (Å²) in [6.07, 6.45) is 0. The zero-order valence-corrected chi connectivity index (χ0v) is 20.8. The van der Waals surface area contributed by atoms with Crippen molar-refractivity contribution in [3.63, 3.8) is 0 Å². The minimum atomic E-state index is -1.46. The van der Waals surface area contributed by atoms with Crippen molar-refractivity contribution in [2.24, 2.45) is 0 Å². The van der Waals surface area contributed by atoms with Crippen molar-refractivity contribution in [2.75, 3.05) is 4.90 Å². The smallest absolute Gasteiger partial charge is 0.423 e. The van der Waals surface area contributed by atoms with E-state index in [-0.39, 0.29) is 0 Å². The van der Waals surface area contributed by atoms with E-state index in [2.05, 4.69) is 120 Å². The second kappa shape index (κ2) is 10.4. The predicted molar refractivity (Wildman–Crippen MR) is 159 cm³/mol. The van der Waals surface area contributed by atoms with E-state index in [1.54, 1.807) is 12.1 Å². The number of nitrogens with zero attached hydrogens (tertiary/aromatic N) is 1. The molecule has 6 aromatic carbocycles. The third-order valence-electron chi connectivity index (χ3n) is 6.89. The second-order valence-corrected chi connectivity index (χ2v) is 9.32. The van der Waals surface area contributed by atoms with Crippen LogP contribution in [0.1, 0.15) is 0 Å². The summed E-state index contributed by atoms with van der Waals surface area (Å²) in [6.45, 7) is 0. The standard InChI is InChI=1S/C34H26BNO2/c37-35(38)31-17-10-27(11-18-31)29-14-21-33(22-15-29)36(34-23-16-26-8-4-5-9-30(26)24-34)32-19-12-28(13-20-32)25-6-2-1-3-7-25/h1-24,37-38H. The SMILES string of the molecule is OB(O)c1ccc(-c2ccc(N(c3ccc(-c4ccccc4)cc3)c3ccc4ccccc4c3)cc2)cc1. The Kier molecular flexibility index (Phi) is 6.49. The number of benzene rings is 6. The predicted octanol–water partition coefficient (Wildman–Crippen LogP) is 7.32. The van der Waals surface area contributed by atoms with Crippen LogP contribution in [-0.4, -0.2) is 17.2 Å². The van der Waals surface area contributed by atoms with Crippen LogP contribution in [0, 0.1) is 0 Å². The molecule has 182 valence electrons. The molecule has 6 rings (SSSR count). The average Bonchev–Trinajstić information content (AvgIpc) is 2.98. The van der Waals surface area contributed by atoms with Crippen LogP contribution < -0.4 is 10.4 Å². The van der Waals surface area contributed by atoms with Crippen molar-refractivity contribution in [3.05, 3.63) is 146 Å². The average molecular weight is 491 g/mol. The van der Waals surface area contributed by atoms with Gasteiger partial charge in [0.2, 0.25) is 0 Å². The van der Waals surface area contributed by atoms with Crippen molar-refractivity contribution in [1.29, 1.82) is 0 Å². The van der Waals surface area contributed by atoms with Gasteiger partial charge in [-0.15, -0.1) is 0 Å². The molecular formula is C34H26BNO2. The molecule has 0 spiro atoms. The number of hydrogen-bond acceptors (Lipinski definition) is 3. The van der Waals surface area contributed by atoms with Crippen LogP contribution in [-0.2, 0) is 0 Å². The quantitative estimate of drug-likeness (QED) is 0.240. The summed E-state index contributed by atoms with van der Waals surface area (Å²) in [7, 11) is -1.46. The van der Waals surface area contributed by atoms with E-state index in [4.69, 9.17) is 0 Å². The van der Waals surface area contributed by atoms with Crippen LogP contribution in [0.15, 0.2) is 146 Å². The first-order valence-corrected chi connectivity index (χ1v) is 12.7. The molecule has 0 aliphatic heterocycles. The molecule has 0 fully saturated rings. The van der Waals surface area contributed by atoms with Gasteiger partial charge in [0, 0.05) is 17.1 Å². The van der Waals surface area contributed by atoms with Crippen LogP contribution in [0.5, 0.6) is 0 Å². The number of hydrogen-bond donors (Lipinski definition) is 2. The van der Waals surface area contributed by atoms with Gasteiger partial charge in [-0.05, 0) is 74.9 Å². The highest BCUT2D eigenvalue weighted by Gasteiger charge is 2.14. The fraction of sp³-hybridized carbons (Fsp3) is 0. The molecule has 0 bridgehead atoms. The highest BCUT2D eigenvalue weighted by atomic mass is 16.4. The Hall–Kier alpha value is -4.64. The van der Waals surface area contributed by atoms with Crippen molar-refractivity contribution in [2.45, 2.75) is 0 Å². The minimum Gasteiger partial charge on any atom is -0.423 e. The molecule has 0 amide bonds. The zero-order valence-electron chi connectivity index (χ0n) is 20.8. The summed E-state index contributed by atoms with van der Waals surface area (Å²) in [6, 6.07) is 49.8. The van der Waals surface area contributed by atoms with Crippen molar-refractivity contribution >= 4 is 40.4 Å². The molecule has 2 N–H and O–H groups in total. The van der Waals surface area contributed by atoms with Gasteiger partial charge < -0.3 is 14.9 Å². The van der Waals surface area contributed by atoms with E-state index in [0.717, 1.165) is 28.2 Å². The molecular weight excluding hydrogens is 465 g/mol. The van der Waals surface area contributed by atoms with E-state index in [1.165, 1.54) is 21.9 Å². The van der Waals surface area contributed by atoms with E-state index in [1.807, 2.05) is 18.2 Å². The van der Waals surface area contributed by atoms with Crippen molar-refractivity contribution in [3.8, 4) is 22.3 Å². The lowest BCUT2D eigenvalue weighted by Crippen LogP contribution is -2.29. The summed E-state index contributed by atoms with van der Waals surface area (Å²) < 4.78 is 0. The van der Waals surface area contributed by atoms with Crippen LogP contribution in [0.3, 0.4) is 0 Å². The number of anilines is 3. The molecule has 0 radical (unpaired) electrons. The Morgan fingerprint density at radius 1 is 0.395 bits per heavy atom. The first-order chi connectivity index (χ1) is 18.7. The molecule has 6 aromatic rings. The Bertz CT molecular complexity index is 1660. The van der Waals surface area contributed by atoms with Gasteiger partial charge in [-0.2, -0.15) is 0 Å². The minimum absolute atomic E-state index is 0.479. The highest BCUT2D eigenvalue weighted by Crippen LogP contribution is 2.37. The molecule has 0 heterocycles. The Morgan fingerprint density at radius 2 is 0.842 bits per heavy atom. The molecule has 0 saturated heterocycles. The van der Waals surface area contributed by atoms with Gasteiger partial charge in [0.15, 0.2) is 0 Å². The molecule has 38 heavy (non-hydrogen) atoms. The van der Waals surface area contributed by atoms with Crippen molar-refractivity contribution < 1.29 is 10.0 Å². The van der Waals surface area contributed by atoms with E-state index in [9.17, 15) is 10.0 Å². The first kappa shape index (κ1) is 23.7. The van der Waals surface area contributed by atoms with E-state index < -0.39 is 7.12 Å². The summed E-state index contributed by atoms with van der Waals surface area (Å²) in [5.41, 5.74) is 8.15. The highest BCUT2D eigenvalue weighted by molar-refractivity contribution is 6.58. The fourth-order valence-corrected chi connectivity index (χ4v) is 4.85. The maximum Gasteiger partial charge on any atom is 0.488 e. The molecule has 0 aromatic heterocycles. The maximum absolute atomic E-state index is 9.40. The van der Waals surface area contributed by atoms with E-state index >= 15 is 0 Å². The van der Waals surface area contributed by atoms with Gasteiger partial charge in [0.05, 0.1) is 0 Å². The zero-order chi connectivity index (χ0) is 25.9. The Balaban J connectivity index is 1.39. The molecule has 0 saturated carbocycles. The Labute approximate surface area is 223 Å². The number of rotatable bonds is 6. The van der Waals surface area contributed by atoms with Crippen LogP contribution >= 0.6 is 0 Å². The monoisotopic (exact) mass is 491 g/mol. The van der Waals surface area contributed by atoms with E-state index in [0.29, 0.717) is 5.46 Å². The summed E-state index contributed by atoms with van der Waals surface area (Å²) >= 11 is 0. The lowest BCUT2D eigenvalue weighted by Gasteiger charge is -2.26. The van der Waals surface area contributed by atoms with Gasteiger partial charge in [0.25, 0.3) is 0 Å². The van der Waals surface area contributed by atoms with Crippen LogP contribution in [0.2, 0.25) is 0 Å². The van der Waals surface area contributed by atoms with Gasteiger partial charge in [-0.1, -0.05) is 109 Å². The van der Waals surface area contributed by atoms with Crippen LogP contribution in [0.4, 0.5) is 17.1 Å². The Morgan fingerprint density at radius 3 is 1.39 bits per heavy atom. The third-order valence-corrected chi connectivity index (χ3v) is 6.89. The van der Waals surface area contributed by atoms with Gasteiger partial charge in [0.1, 0.15) is 0 Å².